The number of nitrogens with two attached hydrogens (primary N) is 1. The van der Waals surface area contributed by atoms with Crippen LogP contribution in [-0.2, 0) is 11.2 Å². The van der Waals surface area contributed by atoms with E-state index in [0.717, 1.165) is 28.5 Å². The quantitative estimate of drug-likeness (QED) is 0.888. The Bertz CT molecular complexity index is 688. The van der Waals surface area contributed by atoms with Crippen LogP contribution in [0, 0.1) is 19.8 Å². The average Bonchev–Trinajstić information content (AvgIpc) is 2.91. The first-order valence-corrected chi connectivity index (χ1v) is 8.27. The van der Waals surface area contributed by atoms with E-state index in [1.165, 1.54) is 5.56 Å². The highest BCUT2D eigenvalue weighted by Crippen LogP contribution is 2.27. The molecule has 2 aromatic rings. The first kappa shape index (κ1) is 17.5. The molecule has 1 aromatic carbocycles. The summed E-state index contributed by atoms with van der Waals surface area (Å²) in [7, 11) is 1.84. The molecule has 0 aliphatic carbocycles. The number of carbonyl (C=O) groups is 1. The van der Waals surface area contributed by atoms with Crippen molar-refractivity contribution in [1.82, 2.24) is 4.90 Å². The summed E-state index contributed by atoms with van der Waals surface area (Å²) in [6.07, 6.45) is 2.90. The maximum absolute atomic E-state index is 12.4. The van der Waals surface area contributed by atoms with Crippen LogP contribution >= 0.6 is 0 Å². The molecule has 23 heavy (non-hydrogen) atoms. The Labute approximate surface area is 138 Å². The Balaban J connectivity index is 2.04. The molecule has 2 rings (SSSR count). The lowest BCUT2D eigenvalue weighted by Gasteiger charge is -2.21. The normalized spacial score (nSPS) is 12.8. The molecule has 1 aromatic heterocycles. The van der Waals surface area contributed by atoms with Crippen molar-refractivity contribution in [3.8, 4) is 0 Å². The van der Waals surface area contributed by atoms with Gasteiger partial charge >= 0.3 is 0 Å². The SMILES string of the molecule is Cc1ccc2c(CC(=O)N(C)CCC(N)C(C)C)coc2c1C. The van der Waals surface area contributed by atoms with E-state index in [1.54, 1.807) is 11.2 Å². The highest BCUT2D eigenvalue weighted by Gasteiger charge is 2.16. The van der Waals surface area contributed by atoms with Gasteiger partial charge in [0.2, 0.25) is 5.91 Å². The Morgan fingerprint density at radius 3 is 2.65 bits per heavy atom. The van der Waals surface area contributed by atoms with E-state index < -0.39 is 0 Å². The van der Waals surface area contributed by atoms with Gasteiger partial charge < -0.3 is 15.1 Å². The van der Waals surface area contributed by atoms with Crippen LogP contribution in [0.3, 0.4) is 0 Å². The van der Waals surface area contributed by atoms with Crippen molar-refractivity contribution in [2.45, 2.75) is 46.6 Å². The lowest BCUT2D eigenvalue weighted by Crippen LogP contribution is -2.35. The van der Waals surface area contributed by atoms with Crippen LogP contribution in [0.5, 0.6) is 0 Å². The summed E-state index contributed by atoms with van der Waals surface area (Å²) in [6, 6.07) is 4.25. The molecule has 0 fully saturated rings. The molecule has 4 nitrogen and oxygen atoms in total. The number of aryl methyl sites for hydroxylation is 2. The second-order valence-corrected chi connectivity index (χ2v) is 6.83. The molecule has 1 heterocycles. The summed E-state index contributed by atoms with van der Waals surface area (Å²) in [4.78, 5) is 14.2. The van der Waals surface area contributed by atoms with Crippen LogP contribution in [0.2, 0.25) is 0 Å². The third kappa shape index (κ3) is 3.94. The van der Waals surface area contributed by atoms with Gasteiger partial charge in [-0.3, -0.25) is 4.79 Å². The molecule has 4 heteroatoms. The number of hydrogen-bond donors (Lipinski definition) is 1. The summed E-state index contributed by atoms with van der Waals surface area (Å²) < 4.78 is 5.68. The monoisotopic (exact) mass is 316 g/mol. The molecule has 0 saturated heterocycles. The highest BCUT2D eigenvalue weighted by molar-refractivity contribution is 5.89. The molecule has 1 atom stereocenters. The zero-order valence-electron chi connectivity index (χ0n) is 14.8. The van der Waals surface area contributed by atoms with E-state index in [-0.39, 0.29) is 11.9 Å². The van der Waals surface area contributed by atoms with Gasteiger partial charge in [0.15, 0.2) is 0 Å². The lowest BCUT2D eigenvalue weighted by atomic mass is 10.0. The largest absolute Gasteiger partial charge is 0.464 e. The fourth-order valence-corrected chi connectivity index (χ4v) is 2.62. The number of amides is 1. The Morgan fingerprint density at radius 1 is 1.30 bits per heavy atom. The molecule has 2 N–H and O–H groups in total. The second kappa shape index (κ2) is 7.18. The third-order valence-electron chi connectivity index (χ3n) is 4.76. The Hall–Kier alpha value is -1.81. The van der Waals surface area contributed by atoms with Crippen LogP contribution in [-0.4, -0.2) is 30.4 Å². The maximum atomic E-state index is 12.4. The standard InChI is InChI=1S/C19H28N2O2/c1-12(2)17(20)8-9-21(5)18(22)10-15-11-23-19-14(4)13(3)6-7-16(15)19/h6-7,11-12,17H,8-10,20H2,1-5H3. The Morgan fingerprint density at radius 2 is 2.00 bits per heavy atom. The summed E-state index contributed by atoms with van der Waals surface area (Å²) in [5.41, 5.74) is 10.2. The molecular weight excluding hydrogens is 288 g/mol. The average molecular weight is 316 g/mol. The van der Waals surface area contributed by atoms with Crippen molar-refractivity contribution >= 4 is 16.9 Å². The lowest BCUT2D eigenvalue weighted by molar-refractivity contribution is -0.129. The van der Waals surface area contributed by atoms with Crippen molar-refractivity contribution in [2.24, 2.45) is 11.7 Å². The minimum absolute atomic E-state index is 0.0990. The number of rotatable bonds is 6. The highest BCUT2D eigenvalue weighted by atomic mass is 16.3. The van der Waals surface area contributed by atoms with Crippen molar-refractivity contribution in [3.05, 3.63) is 35.1 Å². The van der Waals surface area contributed by atoms with Crippen LogP contribution in [0.25, 0.3) is 11.0 Å². The number of carbonyl (C=O) groups excluding carboxylic acids is 1. The summed E-state index contributed by atoms with van der Waals surface area (Å²) in [6.45, 7) is 9.01. The maximum Gasteiger partial charge on any atom is 0.226 e. The molecule has 1 amide bonds. The smallest absolute Gasteiger partial charge is 0.226 e. The molecule has 126 valence electrons. The number of likely N-dealkylation sites (N-methyl/N-ethyl adjacent to an activating group) is 1. The summed E-state index contributed by atoms with van der Waals surface area (Å²) in [5, 5.41) is 1.04. The third-order valence-corrected chi connectivity index (χ3v) is 4.76. The number of furan rings is 1. The fraction of sp³-hybridized carbons (Fsp3) is 0.526. The van der Waals surface area contributed by atoms with E-state index in [2.05, 4.69) is 26.8 Å². The molecule has 1 unspecified atom stereocenters. The molecule has 0 saturated carbocycles. The first-order chi connectivity index (χ1) is 10.8. The first-order valence-electron chi connectivity index (χ1n) is 8.27. The Kier molecular flexibility index (Phi) is 5.47. The topological polar surface area (TPSA) is 59.5 Å². The number of nitrogens with zero attached hydrogens (tertiary/aromatic N) is 1. The molecular formula is C19H28N2O2. The van der Waals surface area contributed by atoms with Crippen molar-refractivity contribution in [3.63, 3.8) is 0 Å². The van der Waals surface area contributed by atoms with Gasteiger partial charge in [0.25, 0.3) is 0 Å². The van der Waals surface area contributed by atoms with E-state index in [1.807, 2.05) is 20.0 Å². The molecule has 0 aliphatic heterocycles. The molecule has 0 aliphatic rings. The van der Waals surface area contributed by atoms with E-state index >= 15 is 0 Å². The van der Waals surface area contributed by atoms with E-state index in [0.29, 0.717) is 18.9 Å². The second-order valence-electron chi connectivity index (χ2n) is 6.83. The van der Waals surface area contributed by atoms with Crippen molar-refractivity contribution in [2.75, 3.05) is 13.6 Å². The van der Waals surface area contributed by atoms with Crippen LogP contribution in [0.15, 0.2) is 22.8 Å². The van der Waals surface area contributed by atoms with E-state index in [4.69, 9.17) is 10.2 Å². The number of hydrogen-bond acceptors (Lipinski definition) is 3. The van der Waals surface area contributed by atoms with Gasteiger partial charge in [0.1, 0.15) is 5.58 Å². The number of benzene rings is 1. The minimum atomic E-state index is 0.0990. The predicted octanol–water partition coefficient (Wildman–Crippen LogP) is 3.42. The molecule has 0 spiro atoms. The van der Waals surface area contributed by atoms with Gasteiger partial charge in [-0.15, -0.1) is 0 Å². The van der Waals surface area contributed by atoms with Crippen LogP contribution in [0.4, 0.5) is 0 Å². The summed E-state index contributed by atoms with van der Waals surface area (Å²) in [5.74, 6) is 0.532. The zero-order valence-corrected chi connectivity index (χ0v) is 14.8. The van der Waals surface area contributed by atoms with Crippen LogP contribution < -0.4 is 5.73 Å². The zero-order chi connectivity index (χ0) is 17.1. The van der Waals surface area contributed by atoms with E-state index in [9.17, 15) is 4.79 Å². The fourth-order valence-electron chi connectivity index (χ4n) is 2.62. The van der Waals surface area contributed by atoms with Gasteiger partial charge in [-0.25, -0.2) is 0 Å². The predicted molar refractivity (Wildman–Crippen MR) is 94.5 cm³/mol. The summed E-state index contributed by atoms with van der Waals surface area (Å²) >= 11 is 0. The molecule has 0 bridgehead atoms. The molecule has 0 radical (unpaired) electrons. The van der Waals surface area contributed by atoms with Crippen molar-refractivity contribution < 1.29 is 9.21 Å². The van der Waals surface area contributed by atoms with Crippen molar-refractivity contribution in [1.29, 1.82) is 0 Å². The number of fused-ring (bicyclic) bond motifs is 1. The van der Waals surface area contributed by atoms with Gasteiger partial charge in [0, 0.05) is 30.6 Å². The van der Waals surface area contributed by atoms with Gasteiger partial charge in [-0.1, -0.05) is 26.0 Å². The van der Waals surface area contributed by atoms with Gasteiger partial charge in [0.05, 0.1) is 12.7 Å². The minimum Gasteiger partial charge on any atom is -0.464 e. The van der Waals surface area contributed by atoms with Gasteiger partial charge in [-0.05, 0) is 37.3 Å². The van der Waals surface area contributed by atoms with Gasteiger partial charge in [-0.2, -0.15) is 0 Å². The van der Waals surface area contributed by atoms with Crippen LogP contribution in [0.1, 0.15) is 37.0 Å².